The van der Waals surface area contributed by atoms with Gasteiger partial charge in [-0.2, -0.15) is 0 Å². The largest absolute Gasteiger partial charge is 0.460 e. The maximum absolute atomic E-state index is 11.7. The molecule has 0 aliphatic carbocycles. The van der Waals surface area contributed by atoms with E-state index in [0.29, 0.717) is 18.5 Å². The SMILES string of the molecule is Cl.O=C(OCc1cc(Cl)nc(Cl)c1)[C@@H]1C[C@@H](O)CN1. The van der Waals surface area contributed by atoms with Gasteiger partial charge in [-0.3, -0.25) is 4.79 Å². The Balaban J connectivity index is 0.00000180. The number of nitrogens with zero attached hydrogens (tertiary/aromatic N) is 1. The van der Waals surface area contributed by atoms with Crippen LogP contribution in [0.2, 0.25) is 10.3 Å². The second-order valence-electron chi connectivity index (χ2n) is 4.08. The van der Waals surface area contributed by atoms with Crippen LogP contribution in [0, 0.1) is 0 Å². The van der Waals surface area contributed by atoms with Crippen LogP contribution in [0.3, 0.4) is 0 Å². The molecule has 0 bridgehead atoms. The van der Waals surface area contributed by atoms with E-state index in [1.165, 1.54) is 0 Å². The summed E-state index contributed by atoms with van der Waals surface area (Å²) in [5.74, 6) is -0.393. The predicted octanol–water partition coefficient (Wildman–Crippen LogP) is 1.58. The van der Waals surface area contributed by atoms with Gasteiger partial charge >= 0.3 is 5.97 Å². The lowest BCUT2D eigenvalue weighted by molar-refractivity contribution is -0.147. The average Bonchev–Trinajstić information content (AvgIpc) is 2.71. The van der Waals surface area contributed by atoms with Crippen LogP contribution >= 0.6 is 35.6 Å². The Bertz CT molecular complexity index is 439. The van der Waals surface area contributed by atoms with Crippen molar-refractivity contribution in [2.24, 2.45) is 0 Å². The first kappa shape index (κ1) is 16.5. The molecular formula is C11H13Cl3N2O3. The fraction of sp³-hybridized carbons (Fsp3) is 0.455. The minimum Gasteiger partial charge on any atom is -0.460 e. The molecule has 2 rings (SSSR count). The van der Waals surface area contributed by atoms with Crippen molar-refractivity contribution in [3.63, 3.8) is 0 Å². The third kappa shape index (κ3) is 4.78. The second kappa shape index (κ2) is 7.26. The number of esters is 1. The minimum atomic E-state index is -0.493. The summed E-state index contributed by atoms with van der Waals surface area (Å²) in [7, 11) is 0. The molecule has 8 heteroatoms. The number of halogens is 3. The first-order chi connectivity index (χ1) is 8.54. The normalized spacial score (nSPS) is 21.8. The molecule has 1 saturated heterocycles. The highest BCUT2D eigenvalue weighted by molar-refractivity contribution is 6.32. The van der Waals surface area contributed by atoms with Crippen LogP contribution < -0.4 is 5.32 Å². The summed E-state index contributed by atoms with van der Waals surface area (Å²) in [6.45, 7) is 0.488. The number of aliphatic hydroxyl groups excluding tert-OH is 1. The summed E-state index contributed by atoms with van der Waals surface area (Å²) in [6.07, 6.45) is -0.121. The van der Waals surface area contributed by atoms with Crippen LogP contribution in [0.15, 0.2) is 12.1 Å². The molecule has 19 heavy (non-hydrogen) atoms. The Morgan fingerprint density at radius 1 is 1.47 bits per heavy atom. The summed E-state index contributed by atoms with van der Waals surface area (Å²) in [6, 6.07) is 2.71. The van der Waals surface area contributed by atoms with Crippen molar-refractivity contribution < 1.29 is 14.6 Å². The third-order valence-electron chi connectivity index (χ3n) is 2.60. The van der Waals surface area contributed by atoms with Gasteiger partial charge < -0.3 is 15.2 Å². The van der Waals surface area contributed by atoms with Gasteiger partial charge in [0.2, 0.25) is 0 Å². The van der Waals surface area contributed by atoms with E-state index in [9.17, 15) is 9.90 Å². The van der Waals surface area contributed by atoms with Gasteiger partial charge in [-0.05, 0) is 17.7 Å². The second-order valence-corrected chi connectivity index (χ2v) is 4.85. The van der Waals surface area contributed by atoms with Gasteiger partial charge in [0.05, 0.1) is 6.10 Å². The van der Waals surface area contributed by atoms with Gasteiger partial charge in [-0.25, -0.2) is 4.98 Å². The van der Waals surface area contributed by atoms with Gasteiger partial charge in [0.15, 0.2) is 0 Å². The van der Waals surface area contributed by atoms with Crippen LogP contribution in [0.25, 0.3) is 0 Å². The van der Waals surface area contributed by atoms with Crippen LogP contribution in [0.1, 0.15) is 12.0 Å². The van der Waals surface area contributed by atoms with Crippen LogP contribution in [-0.4, -0.2) is 34.8 Å². The Morgan fingerprint density at radius 2 is 2.11 bits per heavy atom. The summed E-state index contributed by atoms with van der Waals surface area (Å²) in [4.78, 5) is 15.5. The first-order valence-corrected chi connectivity index (χ1v) is 6.20. The quantitative estimate of drug-likeness (QED) is 0.651. The van der Waals surface area contributed by atoms with E-state index < -0.39 is 18.1 Å². The molecule has 0 aromatic carbocycles. The minimum absolute atomic E-state index is 0. The van der Waals surface area contributed by atoms with Crippen molar-refractivity contribution >= 4 is 41.6 Å². The highest BCUT2D eigenvalue weighted by Gasteiger charge is 2.29. The van der Waals surface area contributed by atoms with Gasteiger partial charge in [-0.15, -0.1) is 12.4 Å². The van der Waals surface area contributed by atoms with Crippen molar-refractivity contribution in [3.8, 4) is 0 Å². The number of pyridine rings is 1. The topological polar surface area (TPSA) is 71.5 Å². The van der Waals surface area contributed by atoms with Gasteiger partial charge in [0.25, 0.3) is 0 Å². The van der Waals surface area contributed by atoms with Crippen molar-refractivity contribution in [3.05, 3.63) is 28.0 Å². The zero-order chi connectivity index (χ0) is 13.1. The van der Waals surface area contributed by atoms with Crippen molar-refractivity contribution in [2.45, 2.75) is 25.2 Å². The van der Waals surface area contributed by atoms with Gasteiger partial charge in [-0.1, -0.05) is 23.2 Å². The number of hydrogen-bond acceptors (Lipinski definition) is 5. The maximum atomic E-state index is 11.7. The van der Waals surface area contributed by atoms with Crippen molar-refractivity contribution in [2.75, 3.05) is 6.54 Å². The van der Waals surface area contributed by atoms with E-state index in [0.717, 1.165) is 0 Å². The number of hydrogen-bond donors (Lipinski definition) is 2. The van der Waals surface area contributed by atoms with E-state index in [1.54, 1.807) is 12.1 Å². The summed E-state index contributed by atoms with van der Waals surface area (Å²) >= 11 is 11.5. The number of carbonyl (C=O) groups excluding carboxylic acids is 1. The molecule has 1 aliphatic rings. The van der Waals surface area contributed by atoms with Gasteiger partial charge in [0.1, 0.15) is 23.0 Å². The molecule has 0 spiro atoms. The lowest BCUT2D eigenvalue weighted by Gasteiger charge is -2.10. The van der Waals surface area contributed by atoms with Crippen LogP contribution in [-0.2, 0) is 16.1 Å². The zero-order valence-corrected chi connectivity index (χ0v) is 12.1. The number of aromatic nitrogens is 1. The summed E-state index contributed by atoms with van der Waals surface area (Å²) in [5, 5.41) is 12.7. The smallest absolute Gasteiger partial charge is 0.323 e. The number of β-amino-alcohol motifs (C(OH)–C–C–N with tert-alkyl or cyclic N) is 1. The summed E-state index contributed by atoms with van der Waals surface area (Å²) < 4.78 is 5.11. The monoisotopic (exact) mass is 326 g/mol. The molecule has 2 N–H and O–H groups in total. The molecule has 1 fully saturated rings. The Hall–Kier alpha value is -0.590. The number of carbonyl (C=O) groups is 1. The molecule has 2 heterocycles. The molecule has 0 radical (unpaired) electrons. The van der Waals surface area contributed by atoms with E-state index in [4.69, 9.17) is 27.9 Å². The average molecular weight is 328 g/mol. The van der Waals surface area contributed by atoms with Gasteiger partial charge in [0, 0.05) is 13.0 Å². The highest BCUT2D eigenvalue weighted by atomic mass is 35.5. The predicted molar refractivity (Wildman–Crippen MR) is 73.7 cm³/mol. The number of rotatable bonds is 3. The fourth-order valence-corrected chi connectivity index (χ4v) is 2.25. The lowest BCUT2D eigenvalue weighted by Crippen LogP contribution is -2.32. The van der Waals surface area contributed by atoms with Crippen molar-refractivity contribution in [1.82, 2.24) is 10.3 Å². The number of aliphatic hydroxyl groups is 1. The van der Waals surface area contributed by atoms with E-state index >= 15 is 0 Å². The Labute approximate surface area is 126 Å². The lowest BCUT2D eigenvalue weighted by atomic mass is 10.2. The maximum Gasteiger partial charge on any atom is 0.323 e. The third-order valence-corrected chi connectivity index (χ3v) is 2.98. The molecule has 1 aromatic heterocycles. The highest BCUT2D eigenvalue weighted by Crippen LogP contribution is 2.16. The molecule has 0 unspecified atom stereocenters. The Kier molecular flexibility index (Phi) is 6.29. The van der Waals surface area contributed by atoms with E-state index in [1.807, 2.05) is 0 Å². The van der Waals surface area contributed by atoms with Crippen molar-refractivity contribution in [1.29, 1.82) is 0 Å². The van der Waals surface area contributed by atoms with Crippen LogP contribution in [0.4, 0.5) is 0 Å². The number of nitrogens with one attached hydrogen (secondary N) is 1. The van der Waals surface area contributed by atoms with E-state index in [-0.39, 0.29) is 29.3 Å². The molecule has 0 saturated carbocycles. The summed E-state index contributed by atoms with van der Waals surface area (Å²) in [5.41, 5.74) is 0.673. The van der Waals surface area contributed by atoms with E-state index in [2.05, 4.69) is 10.3 Å². The molecule has 1 aromatic rings. The fourth-order valence-electron chi connectivity index (χ4n) is 1.75. The molecule has 2 atom stereocenters. The molecular weight excluding hydrogens is 314 g/mol. The molecule has 106 valence electrons. The molecule has 5 nitrogen and oxygen atoms in total. The standard InChI is InChI=1S/C11H12Cl2N2O3.ClH/c12-9-1-6(2-10(13)15-9)5-18-11(17)8-3-7(16)4-14-8;/h1-2,7-8,14,16H,3-5H2;1H/t7-,8+;/m1./s1. The Morgan fingerprint density at radius 3 is 2.63 bits per heavy atom. The van der Waals surface area contributed by atoms with Crippen LogP contribution in [0.5, 0.6) is 0 Å². The molecule has 0 amide bonds. The zero-order valence-electron chi connectivity index (χ0n) is 9.81. The first-order valence-electron chi connectivity index (χ1n) is 5.44. The molecule has 1 aliphatic heterocycles. The number of ether oxygens (including phenoxy) is 1.